The van der Waals surface area contributed by atoms with E-state index in [4.69, 9.17) is 9.47 Å². The number of carbonyl (C=O) groups excluding carboxylic acids is 2. The van der Waals surface area contributed by atoms with Gasteiger partial charge in [0.1, 0.15) is 12.4 Å². The molecule has 28 heavy (non-hydrogen) atoms. The van der Waals surface area contributed by atoms with Crippen LogP contribution in [0.25, 0.3) is 0 Å². The Labute approximate surface area is 168 Å². The predicted octanol–water partition coefficient (Wildman–Crippen LogP) is 4.13. The maximum Gasteiger partial charge on any atom is 0.338 e. The third-order valence-corrected chi connectivity index (χ3v) is 5.66. The predicted molar refractivity (Wildman–Crippen MR) is 108 cm³/mol. The maximum atomic E-state index is 12.4. The molecule has 1 unspecified atom stereocenters. The van der Waals surface area contributed by atoms with Crippen LogP contribution in [0.4, 0.5) is 4.79 Å². The van der Waals surface area contributed by atoms with Crippen molar-refractivity contribution in [2.45, 2.75) is 40.3 Å². The van der Waals surface area contributed by atoms with Crippen LogP contribution in [-0.2, 0) is 16.1 Å². The molecule has 0 aliphatic carbocycles. The highest BCUT2D eigenvalue weighted by molar-refractivity contribution is 7.12. The van der Waals surface area contributed by atoms with E-state index in [-0.39, 0.29) is 12.6 Å². The second-order valence-electron chi connectivity index (χ2n) is 6.62. The summed E-state index contributed by atoms with van der Waals surface area (Å²) in [5.41, 5.74) is 3.13. The fraction of sp³-hybridized carbons (Fsp3) is 0.333. The van der Waals surface area contributed by atoms with Gasteiger partial charge in [-0.3, -0.25) is 0 Å². The lowest BCUT2D eigenvalue weighted by Gasteiger charge is -2.27. The highest BCUT2D eigenvalue weighted by Crippen LogP contribution is 2.34. The molecule has 0 saturated heterocycles. The molecule has 0 radical (unpaired) electrons. The molecule has 3 rings (SSSR count). The summed E-state index contributed by atoms with van der Waals surface area (Å²) >= 11 is 1.54. The molecule has 2 aromatic rings. The number of amides is 2. The zero-order chi connectivity index (χ0) is 20.3. The normalized spacial score (nSPS) is 16.4. The van der Waals surface area contributed by atoms with Crippen LogP contribution in [-0.4, -0.2) is 18.6 Å². The molecule has 0 saturated carbocycles. The summed E-state index contributed by atoms with van der Waals surface area (Å²) in [6, 6.07) is 9.00. The van der Waals surface area contributed by atoms with Crippen molar-refractivity contribution < 1.29 is 19.1 Å². The van der Waals surface area contributed by atoms with Crippen LogP contribution in [0.15, 0.2) is 41.6 Å². The molecule has 7 heteroatoms. The number of urea groups is 1. The van der Waals surface area contributed by atoms with E-state index in [9.17, 15) is 9.59 Å². The molecule has 2 N–H and O–H groups in total. The number of allylic oxidation sites excluding steroid dienone is 1. The largest absolute Gasteiger partial charge is 0.489 e. The Bertz CT molecular complexity index is 915. The van der Waals surface area contributed by atoms with E-state index in [0.29, 0.717) is 17.9 Å². The van der Waals surface area contributed by atoms with Crippen molar-refractivity contribution in [2.75, 3.05) is 6.61 Å². The van der Waals surface area contributed by atoms with Gasteiger partial charge in [0.05, 0.1) is 18.2 Å². The van der Waals surface area contributed by atoms with E-state index in [0.717, 1.165) is 21.1 Å². The minimum absolute atomic E-state index is 0.273. The average molecular weight is 401 g/mol. The van der Waals surface area contributed by atoms with Gasteiger partial charge < -0.3 is 20.1 Å². The van der Waals surface area contributed by atoms with Crippen LogP contribution in [0.5, 0.6) is 5.75 Å². The average Bonchev–Trinajstić information content (AvgIpc) is 3.01. The van der Waals surface area contributed by atoms with Crippen LogP contribution in [0.3, 0.4) is 0 Å². The second kappa shape index (κ2) is 8.48. The van der Waals surface area contributed by atoms with Gasteiger partial charge in [0, 0.05) is 21.0 Å². The molecule has 2 heterocycles. The van der Waals surface area contributed by atoms with E-state index in [1.807, 2.05) is 44.2 Å². The Morgan fingerprint density at radius 1 is 1.18 bits per heavy atom. The quantitative estimate of drug-likeness (QED) is 0.715. The van der Waals surface area contributed by atoms with Gasteiger partial charge in [-0.05, 0) is 45.9 Å². The molecule has 148 valence electrons. The van der Waals surface area contributed by atoms with Crippen molar-refractivity contribution >= 4 is 23.3 Å². The van der Waals surface area contributed by atoms with Gasteiger partial charge in [-0.15, -0.1) is 11.3 Å². The molecular weight excluding hydrogens is 376 g/mol. The molecule has 0 bridgehead atoms. The number of thiophene rings is 1. The Morgan fingerprint density at radius 2 is 1.89 bits per heavy atom. The fourth-order valence-corrected chi connectivity index (χ4v) is 4.11. The summed E-state index contributed by atoms with van der Waals surface area (Å²) in [6.07, 6.45) is 0. The zero-order valence-corrected chi connectivity index (χ0v) is 17.2. The summed E-state index contributed by atoms with van der Waals surface area (Å²) in [7, 11) is 0. The third kappa shape index (κ3) is 4.36. The van der Waals surface area contributed by atoms with E-state index in [2.05, 4.69) is 10.6 Å². The number of esters is 1. The molecule has 1 atom stereocenters. The second-order valence-corrected chi connectivity index (χ2v) is 7.91. The summed E-state index contributed by atoms with van der Waals surface area (Å²) in [6.45, 7) is 8.19. The topological polar surface area (TPSA) is 76.7 Å². The molecule has 1 aliphatic heterocycles. The number of benzene rings is 1. The number of rotatable bonds is 6. The van der Waals surface area contributed by atoms with Crippen molar-refractivity contribution in [3.63, 3.8) is 0 Å². The minimum atomic E-state index is -0.537. The molecule has 6 nitrogen and oxygen atoms in total. The zero-order valence-electron chi connectivity index (χ0n) is 16.4. The number of carbonyl (C=O) groups is 2. The van der Waals surface area contributed by atoms with Crippen molar-refractivity contribution in [3.8, 4) is 5.75 Å². The van der Waals surface area contributed by atoms with E-state index < -0.39 is 12.0 Å². The minimum Gasteiger partial charge on any atom is -0.489 e. The number of hydrogen-bond acceptors (Lipinski definition) is 5. The molecule has 1 aliphatic rings. The molecule has 1 aromatic carbocycles. The lowest BCUT2D eigenvalue weighted by atomic mass is 10.0. The standard InChI is InChI=1S/C21H24N2O4S/c1-5-26-20(24)18-13(3)22-21(25)23-19(18)17-10-15(14(4)28-17)11-27-16-8-6-12(2)7-9-16/h6-10,19H,5,11H2,1-4H3,(H2,22,23,25). The fourth-order valence-electron chi connectivity index (χ4n) is 3.01. The maximum absolute atomic E-state index is 12.4. The van der Waals surface area contributed by atoms with Gasteiger partial charge in [-0.2, -0.15) is 0 Å². The third-order valence-electron chi connectivity index (χ3n) is 4.50. The molecule has 2 amide bonds. The first-order chi connectivity index (χ1) is 13.4. The Kier molecular flexibility index (Phi) is 6.04. The van der Waals surface area contributed by atoms with E-state index >= 15 is 0 Å². The highest BCUT2D eigenvalue weighted by atomic mass is 32.1. The highest BCUT2D eigenvalue weighted by Gasteiger charge is 2.33. The summed E-state index contributed by atoms with van der Waals surface area (Å²) in [5, 5.41) is 5.48. The van der Waals surface area contributed by atoms with Gasteiger partial charge >= 0.3 is 12.0 Å². The van der Waals surface area contributed by atoms with Crippen LogP contribution in [0, 0.1) is 13.8 Å². The summed E-state index contributed by atoms with van der Waals surface area (Å²) in [5.74, 6) is 0.372. The van der Waals surface area contributed by atoms with Crippen molar-refractivity contribution in [1.82, 2.24) is 10.6 Å². The van der Waals surface area contributed by atoms with Gasteiger partial charge in [0.15, 0.2) is 0 Å². The Hall–Kier alpha value is -2.80. The Balaban J connectivity index is 1.83. The lowest BCUT2D eigenvalue weighted by molar-refractivity contribution is -0.139. The number of nitrogens with one attached hydrogen (secondary N) is 2. The van der Waals surface area contributed by atoms with Crippen LogP contribution >= 0.6 is 11.3 Å². The molecule has 0 spiro atoms. The first kappa shape index (κ1) is 19.9. The van der Waals surface area contributed by atoms with Gasteiger partial charge in [0.25, 0.3) is 0 Å². The molecule has 1 aromatic heterocycles. The number of aryl methyl sites for hydroxylation is 2. The summed E-state index contributed by atoms with van der Waals surface area (Å²) in [4.78, 5) is 26.4. The first-order valence-corrected chi connectivity index (χ1v) is 9.94. The first-order valence-electron chi connectivity index (χ1n) is 9.13. The monoisotopic (exact) mass is 400 g/mol. The van der Waals surface area contributed by atoms with Gasteiger partial charge in [-0.1, -0.05) is 17.7 Å². The van der Waals surface area contributed by atoms with Gasteiger partial charge in [-0.25, -0.2) is 9.59 Å². The van der Waals surface area contributed by atoms with Crippen LogP contribution in [0.2, 0.25) is 0 Å². The van der Waals surface area contributed by atoms with E-state index in [1.54, 1.807) is 13.8 Å². The summed E-state index contributed by atoms with van der Waals surface area (Å²) < 4.78 is 11.1. The van der Waals surface area contributed by atoms with Crippen molar-refractivity contribution in [1.29, 1.82) is 0 Å². The van der Waals surface area contributed by atoms with Crippen LogP contribution < -0.4 is 15.4 Å². The SMILES string of the molecule is CCOC(=O)C1=C(C)NC(=O)NC1c1cc(COc2ccc(C)cc2)c(C)s1. The van der Waals surface area contributed by atoms with Crippen LogP contribution in [0.1, 0.15) is 40.8 Å². The van der Waals surface area contributed by atoms with Crippen molar-refractivity contribution in [2.24, 2.45) is 0 Å². The number of ether oxygens (including phenoxy) is 2. The van der Waals surface area contributed by atoms with Crippen molar-refractivity contribution in [3.05, 3.63) is 62.5 Å². The molecular formula is C21H24N2O4S. The lowest BCUT2D eigenvalue weighted by Crippen LogP contribution is -2.45. The molecule has 0 fully saturated rings. The Morgan fingerprint density at radius 3 is 2.57 bits per heavy atom. The number of hydrogen-bond donors (Lipinski definition) is 2. The smallest absolute Gasteiger partial charge is 0.338 e. The van der Waals surface area contributed by atoms with E-state index in [1.165, 1.54) is 16.9 Å². The van der Waals surface area contributed by atoms with Gasteiger partial charge in [0.2, 0.25) is 0 Å².